The number of allylic oxidation sites excluding steroid dienone is 2. The van der Waals surface area contributed by atoms with E-state index in [1.807, 2.05) is 12.2 Å². The Balaban J connectivity index is 2.73. The third kappa shape index (κ3) is 3.74. The highest BCUT2D eigenvalue weighted by Crippen LogP contribution is 1.80. The maximum Gasteiger partial charge on any atom is -0.0311 e. The van der Waals surface area contributed by atoms with Crippen LogP contribution >= 0.6 is 0 Å². The standard InChI is InChI=1S/C6H8/c1-3-5-6-4-2/h1-2,5-6H,3-4H2/b6-5+. The normalized spacial score (nSPS) is 10.3. The molecule has 0 nitrogen and oxygen atoms in total. The van der Waals surface area contributed by atoms with E-state index in [-0.39, 0.29) is 0 Å². The Kier molecular flexibility index (Phi) is 4.53. The molecule has 0 aromatic rings. The molecule has 4 radical (unpaired) electrons. The Bertz CT molecular complexity index is 29.3. The van der Waals surface area contributed by atoms with E-state index >= 15 is 0 Å². The molecule has 0 amide bonds. The summed E-state index contributed by atoms with van der Waals surface area (Å²) in [5, 5.41) is 0. The summed E-state index contributed by atoms with van der Waals surface area (Å²) in [5.41, 5.74) is 0. The van der Waals surface area contributed by atoms with Gasteiger partial charge in [-0.25, -0.2) is 0 Å². The molecule has 0 bridgehead atoms. The Morgan fingerprint density at radius 2 is 1.33 bits per heavy atom. The first-order valence-electron chi connectivity index (χ1n) is 1.97. The SMILES string of the molecule is [CH]C/C=C/C[CH]. The van der Waals surface area contributed by atoms with Gasteiger partial charge in [0.15, 0.2) is 0 Å². The van der Waals surface area contributed by atoms with Gasteiger partial charge in [-0.05, 0) is 26.7 Å². The van der Waals surface area contributed by atoms with Crippen LogP contribution in [0.25, 0.3) is 0 Å². The third-order valence-electron chi connectivity index (χ3n) is 0.439. The Morgan fingerprint density at radius 3 is 1.50 bits per heavy atom. The predicted molar refractivity (Wildman–Crippen MR) is 27.0 cm³/mol. The lowest BCUT2D eigenvalue weighted by atomic mass is 10.4. The molecule has 0 heteroatoms. The van der Waals surface area contributed by atoms with Gasteiger partial charge in [0.1, 0.15) is 0 Å². The summed E-state index contributed by atoms with van der Waals surface area (Å²) < 4.78 is 0. The molecule has 0 N–H and O–H groups in total. The van der Waals surface area contributed by atoms with Crippen LogP contribution in [-0.4, -0.2) is 0 Å². The van der Waals surface area contributed by atoms with Crippen molar-refractivity contribution < 1.29 is 0 Å². The van der Waals surface area contributed by atoms with Gasteiger partial charge in [-0.1, -0.05) is 12.2 Å². The van der Waals surface area contributed by atoms with Gasteiger partial charge >= 0.3 is 0 Å². The van der Waals surface area contributed by atoms with Crippen molar-refractivity contribution in [3.05, 3.63) is 26.0 Å². The molecule has 0 aliphatic carbocycles. The number of rotatable bonds is 2. The van der Waals surface area contributed by atoms with Gasteiger partial charge in [-0.3, -0.25) is 0 Å². The molecule has 0 rings (SSSR count). The zero-order chi connectivity index (χ0) is 4.83. The Hall–Kier alpha value is -0.260. The van der Waals surface area contributed by atoms with E-state index in [4.69, 9.17) is 13.8 Å². The van der Waals surface area contributed by atoms with E-state index in [2.05, 4.69) is 0 Å². The quantitative estimate of drug-likeness (QED) is 0.443. The van der Waals surface area contributed by atoms with Crippen LogP contribution < -0.4 is 0 Å². The van der Waals surface area contributed by atoms with Gasteiger partial charge < -0.3 is 0 Å². The van der Waals surface area contributed by atoms with Crippen LogP contribution in [0, 0.1) is 13.8 Å². The minimum Gasteiger partial charge on any atom is -0.0882 e. The van der Waals surface area contributed by atoms with Gasteiger partial charge in [-0.2, -0.15) is 0 Å². The lowest BCUT2D eigenvalue weighted by molar-refractivity contribution is 1.31. The molecular weight excluding hydrogens is 72.1 g/mol. The molecule has 0 fully saturated rings. The van der Waals surface area contributed by atoms with E-state index in [1.165, 1.54) is 0 Å². The Morgan fingerprint density at radius 1 is 1.00 bits per heavy atom. The van der Waals surface area contributed by atoms with Crippen molar-refractivity contribution in [3.63, 3.8) is 0 Å². The van der Waals surface area contributed by atoms with Gasteiger partial charge in [0.2, 0.25) is 0 Å². The molecule has 0 unspecified atom stereocenters. The first-order valence-corrected chi connectivity index (χ1v) is 1.97. The van der Waals surface area contributed by atoms with Crippen LogP contribution in [0.15, 0.2) is 12.2 Å². The van der Waals surface area contributed by atoms with Crippen molar-refractivity contribution >= 4 is 0 Å². The molecule has 0 heterocycles. The average Bonchev–Trinajstić information content (AvgIpc) is 1.61. The van der Waals surface area contributed by atoms with E-state index in [9.17, 15) is 0 Å². The maximum atomic E-state index is 5.07. The number of hydrogen-bond acceptors (Lipinski definition) is 0. The van der Waals surface area contributed by atoms with Crippen LogP contribution in [0.5, 0.6) is 0 Å². The largest absolute Gasteiger partial charge is 0.0882 e. The molecule has 0 saturated carbocycles. The second kappa shape index (κ2) is 4.74. The Labute approximate surface area is 39.9 Å². The monoisotopic (exact) mass is 80.1 g/mol. The molecule has 0 aromatic carbocycles. The fourth-order valence-electron chi connectivity index (χ4n) is 0.192. The number of hydrogen-bond donors (Lipinski definition) is 0. The van der Waals surface area contributed by atoms with E-state index in [0.717, 1.165) is 0 Å². The fraction of sp³-hybridized carbons (Fsp3) is 0.333. The summed E-state index contributed by atoms with van der Waals surface area (Å²) in [4.78, 5) is 0. The molecule has 0 atom stereocenters. The molecule has 0 aliphatic heterocycles. The highest BCUT2D eigenvalue weighted by atomic mass is 13.7. The topological polar surface area (TPSA) is 0 Å². The fourth-order valence-corrected chi connectivity index (χ4v) is 0.192. The molecular formula is C6H8. The third-order valence-corrected chi connectivity index (χ3v) is 0.439. The lowest BCUT2D eigenvalue weighted by Crippen LogP contribution is -1.52. The molecule has 0 saturated heterocycles. The summed E-state index contributed by atoms with van der Waals surface area (Å²) in [7, 11) is 0. The van der Waals surface area contributed by atoms with Crippen molar-refractivity contribution in [2.75, 3.05) is 0 Å². The molecule has 0 spiro atoms. The van der Waals surface area contributed by atoms with Crippen LogP contribution in [0.1, 0.15) is 12.8 Å². The lowest BCUT2D eigenvalue weighted by Gasteiger charge is -1.71. The highest BCUT2D eigenvalue weighted by molar-refractivity contribution is 4.82. The predicted octanol–water partition coefficient (Wildman–Crippen LogP) is 1.74. The summed E-state index contributed by atoms with van der Waals surface area (Å²) in [5.74, 6) is 0. The van der Waals surface area contributed by atoms with Crippen LogP contribution in [0.3, 0.4) is 0 Å². The van der Waals surface area contributed by atoms with Gasteiger partial charge in [0.25, 0.3) is 0 Å². The highest BCUT2D eigenvalue weighted by Gasteiger charge is 1.60. The summed E-state index contributed by atoms with van der Waals surface area (Å²) in [6, 6.07) is 0. The van der Waals surface area contributed by atoms with Crippen molar-refractivity contribution in [3.8, 4) is 0 Å². The molecule has 32 valence electrons. The van der Waals surface area contributed by atoms with Crippen molar-refractivity contribution in [1.29, 1.82) is 0 Å². The maximum absolute atomic E-state index is 5.07. The first kappa shape index (κ1) is 5.74. The van der Waals surface area contributed by atoms with Crippen LogP contribution in [0.4, 0.5) is 0 Å². The minimum absolute atomic E-state index is 0.594. The van der Waals surface area contributed by atoms with Gasteiger partial charge in [-0.15, -0.1) is 0 Å². The van der Waals surface area contributed by atoms with Gasteiger partial charge in [0.05, 0.1) is 0 Å². The molecule has 6 heavy (non-hydrogen) atoms. The van der Waals surface area contributed by atoms with Crippen molar-refractivity contribution in [2.45, 2.75) is 12.8 Å². The second-order valence-electron chi connectivity index (χ2n) is 0.943. The van der Waals surface area contributed by atoms with Crippen molar-refractivity contribution in [2.24, 2.45) is 0 Å². The average molecular weight is 80.1 g/mol. The zero-order valence-electron chi connectivity index (χ0n) is 3.72. The van der Waals surface area contributed by atoms with E-state index in [0.29, 0.717) is 12.8 Å². The van der Waals surface area contributed by atoms with Gasteiger partial charge in [0, 0.05) is 0 Å². The van der Waals surface area contributed by atoms with Crippen LogP contribution in [-0.2, 0) is 0 Å². The minimum atomic E-state index is 0.594. The second-order valence-corrected chi connectivity index (χ2v) is 0.943. The molecule has 0 aliphatic rings. The first-order chi connectivity index (χ1) is 2.91. The summed E-state index contributed by atoms with van der Waals surface area (Å²) in [6.07, 6.45) is 4.86. The zero-order valence-corrected chi connectivity index (χ0v) is 3.72. The summed E-state index contributed by atoms with van der Waals surface area (Å²) in [6.45, 7) is 10.1. The van der Waals surface area contributed by atoms with Crippen LogP contribution in [0.2, 0.25) is 0 Å². The molecule has 0 aromatic heterocycles. The van der Waals surface area contributed by atoms with E-state index in [1.54, 1.807) is 0 Å². The summed E-state index contributed by atoms with van der Waals surface area (Å²) >= 11 is 0. The van der Waals surface area contributed by atoms with E-state index < -0.39 is 0 Å². The smallest absolute Gasteiger partial charge is 0.0311 e. The van der Waals surface area contributed by atoms with Crippen molar-refractivity contribution in [1.82, 2.24) is 0 Å².